The Hall–Kier alpha value is -0.590. The lowest BCUT2D eigenvalue weighted by Crippen LogP contribution is -2.29. The number of nitriles is 1. The van der Waals surface area contributed by atoms with Crippen LogP contribution in [0.25, 0.3) is 0 Å². The van der Waals surface area contributed by atoms with Gasteiger partial charge in [-0.1, -0.05) is 6.92 Å². The van der Waals surface area contributed by atoms with Crippen molar-refractivity contribution >= 4 is 0 Å². The van der Waals surface area contributed by atoms with Gasteiger partial charge >= 0.3 is 0 Å². The van der Waals surface area contributed by atoms with E-state index >= 15 is 0 Å². The maximum absolute atomic E-state index is 8.87. The topological polar surface area (TPSA) is 36.3 Å². The number of hydrogen-bond acceptors (Lipinski definition) is 3. The molecule has 0 amide bonds. The van der Waals surface area contributed by atoms with E-state index in [-0.39, 0.29) is 5.41 Å². The minimum atomic E-state index is -0.180. The molecule has 0 radical (unpaired) electrons. The van der Waals surface area contributed by atoms with Gasteiger partial charge in [-0.3, -0.25) is 0 Å². The molecule has 0 rings (SSSR count). The Morgan fingerprint density at radius 3 is 2.47 bits per heavy atom. The normalized spacial score (nSPS) is 11.7. The molecule has 0 aromatic rings. The average molecular weight is 212 g/mol. The van der Waals surface area contributed by atoms with Crippen LogP contribution >= 0.6 is 0 Å². The van der Waals surface area contributed by atoms with E-state index in [4.69, 9.17) is 10.00 Å². The molecule has 0 bridgehead atoms. The lowest BCUT2D eigenvalue weighted by Gasteiger charge is -2.22. The standard InChI is InChI=1S/C12H24N2O/c1-5-14(9-10-15-4)8-6-7-12(2,3)11-13/h5-10H2,1-4H3. The predicted octanol–water partition coefficient (Wildman–Crippen LogP) is 2.28. The highest BCUT2D eigenvalue weighted by Crippen LogP contribution is 2.20. The van der Waals surface area contributed by atoms with Gasteiger partial charge in [0.15, 0.2) is 0 Å². The molecule has 3 nitrogen and oxygen atoms in total. The molecule has 0 aliphatic heterocycles. The van der Waals surface area contributed by atoms with Crippen LogP contribution in [0.3, 0.4) is 0 Å². The molecule has 0 saturated heterocycles. The van der Waals surface area contributed by atoms with Gasteiger partial charge in [0.2, 0.25) is 0 Å². The van der Waals surface area contributed by atoms with Gasteiger partial charge in [-0.25, -0.2) is 0 Å². The van der Waals surface area contributed by atoms with Crippen molar-refractivity contribution in [2.75, 3.05) is 33.4 Å². The fourth-order valence-corrected chi connectivity index (χ4v) is 1.45. The summed E-state index contributed by atoms with van der Waals surface area (Å²) in [5, 5.41) is 8.87. The Labute approximate surface area is 94.0 Å². The highest BCUT2D eigenvalue weighted by molar-refractivity contribution is 4.91. The zero-order chi connectivity index (χ0) is 11.7. The third-order valence-electron chi connectivity index (χ3n) is 2.64. The Morgan fingerprint density at radius 2 is 2.00 bits per heavy atom. The van der Waals surface area contributed by atoms with Gasteiger partial charge in [-0.2, -0.15) is 5.26 Å². The van der Waals surface area contributed by atoms with Gasteiger partial charge in [0, 0.05) is 13.7 Å². The average Bonchev–Trinajstić information content (AvgIpc) is 2.23. The Morgan fingerprint density at radius 1 is 1.33 bits per heavy atom. The van der Waals surface area contributed by atoms with E-state index in [1.165, 1.54) is 0 Å². The van der Waals surface area contributed by atoms with Gasteiger partial charge in [-0.05, 0) is 39.8 Å². The molecule has 0 aromatic heterocycles. The van der Waals surface area contributed by atoms with Crippen LogP contribution in [-0.4, -0.2) is 38.3 Å². The van der Waals surface area contributed by atoms with Gasteiger partial charge in [0.25, 0.3) is 0 Å². The molecule has 15 heavy (non-hydrogen) atoms. The first kappa shape index (κ1) is 14.4. The van der Waals surface area contributed by atoms with E-state index in [9.17, 15) is 0 Å². The third-order valence-corrected chi connectivity index (χ3v) is 2.64. The number of hydrogen-bond donors (Lipinski definition) is 0. The second kappa shape index (κ2) is 7.67. The van der Waals surface area contributed by atoms with E-state index in [0.717, 1.165) is 39.1 Å². The zero-order valence-electron chi connectivity index (χ0n) is 10.5. The van der Waals surface area contributed by atoms with Crippen molar-refractivity contribution in [3.63, 3.8) is 0 Å². The molecule has 0 saturated carbocycles. The number of nitrogens with zero attached hydrogens (tertiary/aromatic N) is 2. The van der Waals surface area contributed by atoms with Gasteiger partial charge in [0.1, 0.15) is 0 Å². The fourth-order valence-electron chi connectivity index (χ4n) is 1.45. The monoisotopic (exact) mass is 212 g/mol. The van der Waals surface area contributed by atoms with Crippen molar-refractivity contribution in [3.8, 4) is 6.07 Å². The molecule has 0 aliphatic carbocycles. The van der Waals surface area contributed by atoms with E-state index in [1.54, 1.807) is 7.11 Å². The summed E-state index contributed by atoms with van der Waals surface area (Å²) in [6.45, 7) is 10.0. The molecule has 88 valence electrons. The lowest BCUT2D eigenvalue weighted by molar-refractivity contribution is 0.148. The van der Waals surface area contributed by atoms with Gasteiger partial charge in [-0.15, -0.1) is 0 Å². The molecule has 0 fully saturated rings. The fraction of sp³-hybridized carbons (Fsp3) is 0.917. The quantitative estimate of drug-likeness (QED) is 0.619. The van der Waals surface area contributed by atoms with E-state index < -0.39 is 0 Å². The lowest BCUT2D eigenvalue weighted by atomic mass is 9.90. The molecule has 3 heteroatoms. The van der Waals surface area contributed by atoms with Crippen molar-refractivity contribution in [1.82, 2.24) is 4.90 Å². The maximum atomic E-state index is 8.87. The van der Waals surface area contributed by atoms with Crippen LogP contribution in [0.2, 0.25) is 0 Å². The van der Waals surface area contributed by atoms with Crippen molar-refractivity contribution in [3.05, 3.63) is 0 Å². The highest BCUT2D eigenvalue weighted by atomic mass is 16.5. The van der Waals surface area contributed by atoms with Crippen LogP contribution < -0.4 is 0 Å². The summed E-state index contributed by atoms with van der Waals surface area (Å²) in [4.78, 5) is 2.36. The number of likely N-dealkylation sites (N-methyl/N-ethyl adjacent to an activating group) is 1. The van der Waals surface area contributed by atoms with Crippen LogP contribution in [0.15, 0.2) is 0 Å². The molecule has 0 spiro atoms. The Kier molecular flexibility index (Phi) is 7.37. The Bertz CT molecular complexity index is 196. The number of ether oxygens (including phenoxy) is 1. The minimum Gasteiger partial charge on any atom is -0.383 e. The smallest absolute Gasteiger partial charge is 0.0683 e. The van der Waals surface area contributed by atoms with Crippen LogP contribution in [0, 0.1) is 16.7 Å². The summed E-state index contributed by atoms with van der Waals surface area (Å²) in [5.74, 6) is 0. The number of methoxy groups -OCH3 is 1. The third kappa shape index (κ3) is 7.35. The molecular formula is C12H24N2O. The summed E-state index contributed by atoms with van der Waals surface area (Å²) >= 11 is 0. The summed E-state index contributed by atoms with van der Waals surface area (Å²) in [6.07, 6.45) is 2.05. The van der Waals surface area contributed by atoms with E-state index in [1.807, 2.05) is 13.8 Å². The first-order valence-electron chi connectivity index (χ1n) is 5.68. The van der Waals surface area contributed by atoms with Crippen molar-refractivity contribution < 1.29 is 4.74 Å². The van der Waals surface area contributed by atoms with Crippen molar-refractivity contribution in [1.29, 1.82) is 5.26 Å². The first-order valence-corrected chi connectivity index (χ1v) is 5.68. The second-order valence-electron chi connectivity index (χ2n) is 4.53. The van der Waals surface area contributed by atoms with Crippen LogP contribution in [0.4, 0.5) is 0 Å². The molecule has 0 N–H and O–H groups in total. The molecular weight excluding hydrogens is 188 g/mol. The van der Waals surface area contributed by atoms with E-state index in [2.05, 4.69) is 17.9 Å². The summed E-state index contributed by atoms with van der Waals surface area (Å²) < 4.78 is 5.05. The van der Waals surface area contributed by atoms with Crippen LogP contribution in [0.5, 0.6) is 0 Å². The van der Waals surface area contributed by atoms with Crippen molar-refractivity contribution in [2.24, 2.45) is 5.41 Å². The minimum absolute atomic E-state index is 0.180. The SMILES string of the molecule is CCN(CCCC(C)(C)C#N)CCOC. The van der Waals surface area contributed by atoms with Crippen LogP contribution in [-0.2, 0) is 4.74 Å². The highest BCUT2D eigenvalue weighted by Gasteiger charge is 2.16. The molecule has 0 heterocycles. The number of rotatable bonds is 8. The van der Waals surface area contributed by atoms with Crippen molar-refractivity contribution in [2.45, 2.75) is 33.6 Å². The predicted molar refractivity (Wildman–Crippen MR) is 62.6 cm³/mol. The molecule has 0 unspecified atom stereocenters. The zero-order valence-corrected chi connectivity index (χ0v) is 10.5. The maximum Gasteiger partial charge on any atom is 0.0683 e. The molecule has 0 atom stereocenters. The first-order chi connectivity index (χ1) is 7.05. The molecule has 0 aromatic carbocycles. The largest absolute Gasteiger partial charge is 0.383 e. The second-order valence-corrected chi connectivity index (χ2v) is 4.53. The van der Waals surface area contributed by atoms with E-state index in [0.29, 0.717) is 0 Å². The van der Waals surface area contributed by atoms with Gasteiger partial charge in [0.05, 0.1) is 18.1 Å². The van der Waals surface area contributed by atoms with Gasteiger partial charge < -0.3 is 9.64 Å². The summed E-state index contributed by atoms with van der Waals surface area (Å²) in [5.41, 5.74) is -0.180. The Balaban J connectivity index is 3.68. The molecule has 0 aliphatic rings. The summed E-state index contributed by atoms with van der Waals surface area (Å²) in [7, 11) is 1.73. The summed E-state index contributed by atoms with van der Waals surface area (Å²) in [6, 6.07) is 2.33. The van der Waals surface area contributed by atoms with Crippen LogP contribution in [0.1, 0.15) is 33.6 Å².